The molecule has 1 unspecified atom stereocenters. The molecule has 0 spiro atoms. The molecule has 0 fully saturated rings. The van der Waals surface area contributed by atoms with Gasteiger partial charge in [0.25, 0.3) is 0 Å². The first-order chi connectivity index (χ1) is 13.1. The number of aryl methyl sites for hydroxylation is 1. The largest absolute Gasteiger partial charge is 0.351 e. The van der Waals surface area contributed by atoms with Gasteiger partial charge in [-0.15, -0.1) is 0 Å². The maximum Gasteiger partial charge on any atom is 0.234 e. The Kier molecular flexibility index (Phi) is 6.34. The van der Waals surface area contributed by atoms with E-state index >= 15 is 0 Å². The van der Waals surface area contributed by atoms with Crippen LogP contribution in [0.15, 0.2) is 78.9 Å². The molecule has 3 rings (SSSR count). The fourth-order valence-electron chi connectivity index (χ4n) is 2.99. The van der Waals surface area contributed by atoms with Crippen LogP contribution in [0.5, 0.6) is 0 Å². The van der Waals surface area contributed by atoms with Crippen LogP contribution in [0.3, 0.4) is 0 Å². The Morgan fingerprint density at radius 1 is 0.889 bits per heavy atom. The zero-order valence-corrected chi connectivity index (χ0v) is 15.3. The van der Waals surface area contributed by atoms with E-state index in [1.165, 1.54) is 12.1 Å². The molecule has 1 atom stereocenters. The van der Waals surface area contributed by atoms with Gasteiger partial charge in [0, 0.05) is 6.54 Å². The molecule has 0 heterocycles. The third-order valence-corrected chi connectivity index (χ3v) is 4.54. The van der Waals surface area contributed by atoms with E-state index in [0.717, 1.165) is 22.3 Å². The van der Waals surface area contributed by atoms with Gasteiger partial charge in [0.2, 0.25) is 5.91 Å². The van der Waals surface area contributed by atoms with Gasteiger partial charge in [-0.25, -0.2) is 4.39 Å². The standard InChI is InChI=1S/C23H23FN2O/c1-17-7-5-6-10-20(17)15-25-22(27)16-26-23(18-8-3-2-4-9-18)19-11-13-21(24)14-12-19/h2-14,23,26H,15-16H2,1H3,(H,25,27). The number of amides is 1. The van der Waals surface area contributed by atoms with Crippen molar-refractivity contribution in [3.63, 3.8) is 0 Å². The molecular weight excluding hydrogens is 339 g/mol. The number of halogens is 1. The normalized spacial score (nSPS) is 11.8. The van der Waals surface area contributed by atoms with Crippen LogP contribution in [0.2, 0.25) is 0 Å². The molecule has 27 heavy (non-hydrogen) atoms. The van der Waals surface area contributed by atoms with Crippen LogP contribution < -0.4 is 10.6 Å². The van der Waals surface area contributed by atoms with E-state index in [0.29, 0.717) is 6.54 Å². The van der Waals surface area contributed by atoms with Gasteiger partial charge in [-0.2, -0.15) is 0 Å². The fraction of sp³-hybridized carbons (Fsp3) is 0.174. The van der Waals surface area contributed by atoms with E-state index in [9.17, 15) is 9.18 Å². The van der Waals surface area contributed by atoms with Gasteiger partial charge in [0.05, 0.1) is 12.6 Å². The number of benzene rings is 3. The lowest BCUT2D eigenvalue weighted by molar-refractivity contribution is -0.120. The maximum atomic E-state index is 13.3. The summed E-state index contributed by atoms with van der Waals surface area (Å²) < 4.78 is 13.3. The highest BCUT2D eigenvalue weighted by atomic mass is 19.1. The number of carbonyl (C=O) groups is 1. The number of hydrogen-bond acceptors (Lipinski definition) is 2. The first-order valence-corrected chi connectivity index (χ1v) is 8.98. The highest BCUT2D eigenvalue weighted by Gasteiger charge is 2.15. The molecule has 3 aromatic carbocycles. The molecule has 2 N–H and O–H groups in total. The van der Waals surface area contributed by atoms with Crippen molar-refractivity contribution in [2.45, 2.75) is 19.5 Å². The smallest absolute Gasteiger partial charge is 0.234 e. The van der Waals surface area contributed by atoms with E-state index < -0.39 is 0 Å². The average molecular weight is 362 g/mol. The molecule has 0 saturated carbocycles. The maximum absolute atomic E-state index is 13.3. The minimum Gasteiger partial charge on any atom is -0.351 e. The molecule has 0 aliphatic rings. The molecular formula is C23H23FN2O. The Hall–Kier alpha value is -2.98. The van der Waals surface area contributed by atoms with E-state index in [-0.39, 0.29) is 24.3 Å². The molecule has 0 aromatic heterocycles. The molecule has 0 aliphatic heterocycles. The SMILES string of the molecule is Cc1ccccc1CNC(=O)CNC(c1ccccc1)c1ccc(F)cc1. The molecule has 4 heteroatoms. The average Bonchev–Trinajstić information content (AvgIpc) is 2.69. The van der Waals surface area contributed by atoms with Crippen LogP contribution >= 0.6 is 0 Å². The minimum absolute atomic E-state index is 0.0821. The highest BCUT2D eigenvalue weighted by Crippen LogP contribution is 2.22. The molecule has 0 bridgehead atoms. The summed E-state index contributed by atoms with van der Waals surface area (Å²) in [7, 11) is 0. The van der Waals surface area contributed by atoms with E-state index in [1.807, 2.05) is 61.5 Å². The summed E-state index contributed by atoms with van der Waals surface area (Å²) in [6, 6.07) is 24.0. The fourth-order valence-corrected chi connectivity index (χ4v) is 2.99. The summed E-state index contributed by atoms with van der Waals surface area (Å²) in [5.41, 5.74) is 4.19. The van der Waals surface area contributed by atoms with Gasteiger partial charge < -0.3 is 5.32 Å². The van der Waals surface area contributed by atoms with Crippen molar-refractivity contribution in [1.29, 1.82) is 0 Å². The van der Waals surface area contributed by atoms with Gasteiger partial charge >= 0.3 is 0 Å². The second-order valence-electron chi connectivity index (χ2n) is 6.48. The minimum atomic E-state index is -0.276. The third kappa shape index (κ3) is 5.25. The lowest BCUT2D eigenvalue weighted by Crippen LogP contribution is -2.36. The number of carbonyl (C=O) groups excluding carboxylic acids is 1. The van der Waals surface area contributed by atoms with E-state index in [4.69, 9.17) is 0 Å². The topological polar surface area (TPSA) is 41.1 Å². The summed E-state index contributed by atoms with van der Waals surface area (Å²) in [5.74, 6) is -0.358. The van der Waals surface area contributed by atoms with Crippen LogP contribution in [0.25, 0.3) is 0 Å². The highest BCUT2D eigenvalue weighted by molar-refractivity contribution is 5.78. The first-order valence-electron chi connectivity index (χ1n) is 8.98. The number of nitrogens with one attached hydrogen (secondary N) is 2. The van der Waals surface area contributed by atoms with Crippen molar-refractivity contribution in [2.24, 2.45) is 0 Å². The molecule has 3 aromatic rings. The van der Waals surface area contributed by atoms with Gasteiger partial charge in [-0.3, -0.25) is 10.1 Å². The number of hydrogen-bond donors (Lipinski definition) is 2. The van der Waals surface area contributed by atoms with Crippen molar-refractivity contribution in [3.8, 4) is 0 Å². The predicted octanol–water partition coefficient (Wildman–Crippen LogP) is 4.13. The van der Waals surface area contributed by atoms with E-state index in [2.05, 4.69) is 10.6 Å². The second kappa shape index (κ2) is 9.10. The van der Waals surface area contributed by atoms with Crippen LogP contribution in [0, 0.1) is 12.7 Å². The molecule has 138 valence electrons. The van der Waals surface area contributed by atoms with Crippen molar-refractivity contribution in [2.75, 3.05) is 6.54 Å². The Balaban J connectivity index is 1.65. The summed E-state index contributed by atoms with van der Waals surface area (Å²) in [6.07, 6.45) is 0. The Morgan fingerprint density at radius 2 is 1.52 bits per heavy atom. The summed E-state index contributed by atoms with van der Waals surface area (Å²) in [4.78, 5) is 12.3. The van der Waals surface area contributed by atoms with Gasteiger partial charge in [-0.05, 0) is 41.3 Å². The summed E-state index contributed by atoms with van der Waals surface area (Å²) >= 11 is 0. The lowest BCUT2D eigenvalue weighted by atomic mass is 9.98. The summed E-state index contributed by atoms with van der Waals surface area (Å²) in [6.45, 7) is 2.70. The van der Waals surface area contributed by atoms with Crippen LogP contribution in [0.4, 0.5) is 4.39 Å². The molecule has 0 aliphatic carbocycles. The molecule has 3 nitrogen and oxygen atoms in total. The molecule has 1 amide bonds. The zero-order chi connectivity index (χ0) is 19.1. The van der Waals surface area contributed by atoms with Crippen molar-refractivity contribution in [1.82, 2.24) is 10.6 Å². The second-order valence-corrected chi connectivity index (χ2v) is 6.48. The van der Waals surface area contributed by atoms with Crippen molar-refractivity contribution in [3.05, 3.63) is 107 Å². The van der Waals surface area contributed by atoms with Gasteiger partial charge in [0.1, 0.15) is 5.82 Å². The first kappa shape index (κ1) is 18.8. The third-order valence-electron chi connectivity index (χ3n) is 4.54. The zero-order valence-electron chi connectivity index (χ0n) is 15.3. The number of rotatable bonds is 7. The molecule has 0 radical (unpaired) electrons. The predicted molar refractivity (Wildman–Crippen MR) is 106 cm³/mol. The quantitative estimate of drug-likeness (QED) is 0.664. The van der Waals surface area contributed by atoms with Crippen molar-refractivity contribution >= 4 is 5.91 Å². The Morgan fingerprint density at radius 3 is 2.22 bits per heavy atom. The Labute approximate surface area is 159 Å². The van der Waals surface area contributed by atoms with Crippen molar-refractivity contribution < 1.29 is 9.18 Å². The van der Waals surface area contributed by atoms with Gasteiger partial charge in [-0.1, -0.05) is 66.7 Å². The van der Waals surface area contributed by atoms with Crippen LogP contribution in [-0.2, 0) is 11.3 Å². The van der Waals surface area contributed by atoms with Crippen LogP contribution in [-0.4, -0.2) is 12.5 Å². The monoisotopic (exact) mass is 362 g/mol. The summed E-state index contributed by atoms with van der Waals surface area (Å²) in [5, 5.41) is 6.23. The van der Waals surface area contributed by atoms with E-state index in [1.54, 1.807) is 12.1 Å². The molecule has 0 saturated heterocycles. The lowest BCUT2D eigenvalue weighted by Gasteiger charge is -2.20. The Bertz CT molecular complexity index is 878. The van der Waals surface area contributed by atoms with Crippen LogP contribution in [0.1, 0.15) is 28.3 Å². The van der Waals surface area contributed by atoms with Gasteiger partial charge in [0.15, 0.2) is 0 Å².